The summed E-state index contributed by atoms with van der Waals surface area (Å²) in [5, 5.41) is 1.96. The van der Waals surface area contributed by atoms with Crippen LogP contribution in [0.4, 0.5) is 0 Å². The van der Waals surface area contributed by atoms with Gasteiger partial charge in [-0.3, -0.25) is 0 Å². The quantitative estimate of drug-likeness (QED) is 0.354. The second kappa shape index (κ2) is 7.64. The van der Waals surface area contributed by atoms with Crippen molar-refractivity contribution in [2.75, 3.05) is 6.61 Å². The summed E-state index contributed by atoms with van der Waals surface area (Å²) in [5.74, 6) is 0.874. The van der Waals surface area contributed by atoms with Crippen molar-refractivity contribution in [1.29, 1.82) is 0 Å². The van der Waals surface area contributed by atoms with Crippen LogP contribution < -0.4 is 9.47 Å². The van der Waals surface area contributed by atoms with Gasteiger partial charge in [-0.25, -0.2) is 4.79 Å². The summed E-state index contributed by atoms with van der Waals surface area (Å²) in [7, 11) is 0. The maximum Gasteiger partial charge on any atom is 0.343 e. The van der Waals surface area contributed by atoms with Gasteiger partial charge in [-0.1, -0.05) is 55.8 Å². The number of carbonyl (C=O) groups is 1. The van der Waals surface area contributed by atoms with E-state index in [9.17, 15) is 4.79 Å². The Hall–Kier alpha value is -2.81. The van der Waals surface area contributed by atoms with Gasteiger partial charge in [0.2, 0.25) is 0 Å². The van der Waals surface area contributed by atoms with E-state index in [0.29, 0.717) is 23.7 Å². The minimum absolute atomic E-state index is 0.382. The number of unbranched alkanes of at least 4 members (excludes halogenated alkanes) is 1. The Morgan fingerprint density at radius 1 is 0.958 bits per heavy atom. The third-order valence-electron chi connectivity index (χ3n) is 3.79. The summed E-state index contributed by atoms with van der Waals surface area (Å²) in [6, 6.07) is 20.6. The lowest BCUT2D eigenvalue weighted by atomic mass is 10.1. The Labute approximate surface area is 141 Å². The lowest BCUT2D eigenvalue weighted by molar-refractivity contribution is 0.0736. The highest BCUT2D eigenvalue weighted by Crippen LogP contribution is 2.26. The molecule has 0 aliphatic carbocycles. The fourth-order valence-electron chi connectivity index (χ4n) is 2.49. The predicted molar refractivity (Wildman–Crippen MR) is 95.8 cm³/mol. The first-order valence-corrected chi connectivity index (χ1v) is 8.21. The molecule has 0 radical (unpaired) electrons. The zero-order valence-electron chi connectivity index (χ0n) is 13.7. The van der Waals surface area contributed by atoms with Crippen molar-refractivity contribution >= 4 is 16.7 Å². The molecule has 3 nitrogen and oxygen atoms in total. The molecule has 3 heteroatoms. The van der Waals surface area contributed by atoms with Gasteiger partial charge in [-0.15, -0.1) is 0 Å². The highest BCUT2D eigenvalue weighted by molar-refractivity contribution is 5.95. The Kier molecular flexibility index (Phi) is 5.12. The zero-order valence-corrected chi connectivity index (χ0v) is 13.7. The molecule has 122 valence electrons. The molecule has 0 unspecified atom stereocenters. The fraction of sp³-hybridized carbons (Fsp3) is 0.190. The molecule has 3 aromatic carbocycles. The first-order valence-electron chi connectivity index (χ1n) is 8.21. The molecule has 24 heavy (non-hydrogen) atoms. The topological polar surface area (TPSA) is 35.5 Å². The van der Waals surface area contributed by atoms with E-state index in [0.717, 1.165) is 23.6 Å². The molecule has 0 saturated carbocycles. The summed E-state index contributed by atoms with van der Waals surface area (Å²) >= 11 is 0. The van der Waals surface area contributed by atoms with E-state index in [-0.39, 0.29) is 5.97 Å². The second-order valence-corrected chi connectivity index (χ2v) is 5.60. The molecule has 3 rings (SSSR count). The average Bonchev–Trinajstić information content (AvgIpc) is 2.62. The van der Waals surface area contributed by atoms with Crippen molar-refractivity contribution in [2.24, 2.45) is 0 Å². The van der Waals surface area contributed by atoms with Crippen LogP contribution in [0.3, 0.4) is 0 Å². The van der Waals surface area contributed by atoms with E-state index in [1.54, 1.807) is 18.2 Å². The predicted octanol–water partition coefficient (Wildman–Crippen LogP) is 5.24. The largest absolute Gasteiger partial charge is 0.494 e. The molecule has 0 fully saturated rings. The summed E-state index contributed by atoms with van der Waals surface area (Å²) in [5.41, 5.74) is 0.483. The van der Waals surface area contributed by atoms with Crippen molar-refractivity contribution in [2.45, 2.75) is 19.8 Å². The zero-order chi connectivity index (χ0) is 16.8. The molecular weight excluding hydrogens is 300 g/mol. The molecule has 0 bridgehead atoms. The van der Waals surface area contributed by atoms with Gasteiger partial charge in [0.15, 0.2) is 0 Å². The molecule has 0 saturated heterocycles. The summed E-state index contributed by atoms with van der Waals surface area (Å²) in [6.45, 7) is 2.76. The molecule has 0 amide bonds. The Balaban J connectivity index is 1.78. The molecule has 0 atom stereocenters. The number of hydrogen-bond donors (Lipinski definition) is 0. The smallest absolute Gasteiger partial charge is 0.343 e. The third-order valence-corrected chi connectivity index (χ3v) is 3.79. The van der Waals surface area contributed by atoms with E-state index >= 15 is 0 Å². The summed E-state index contributed by atoms with van der Waals surface area (Å²) < 4.78 is 11.2. The molecule has 0 spiro atoms. The molecule has 0 aliphatic heterocycles. The molecular formula is C21H20O3. The van der Waals surface area contributed by atoms with E-state index in [1.807, 2.05) is 48.5 Å². The lowest BCUT2D eigenvalue weighted by Crippen LogP contribution is -2.09. The van der Waals surface area contributed by atoms with E-state index in [1.165, 1.54) is 0 Å². The van der Waals surface area contributed by atoms with Gasteiger partial charge in [-0.05, 0) is 36.1 Å². The van der Waals surface area contributed by atoms with Gasteiger partial charge in [0.25, 0.3) is 0 Å². The van der Waals surface area contributed by atoms with E-state index < -0.39 is 0 Å². The first-order chi connectivity index (χ1) is 11.8. The second-order valence-electron chi connectivity index (χ2n) is 5.60. The summed E-state index contributed by atoms with van der Waals surface area (Å²) in [4.78, 5) is 12.5. The number of carbonyl (C=O) groups excluding carboxylic acids is 1. The maximum atomic E-state index is 12.5. The standard InChI is InChI=1S/C21H20O3/c1-2-3-14-23-18-11-6-10-17(15-18)21(22)24-20-13-7-9-16-8-4-5-12-19(16)20/h4-13,15H,2-3,14H2,1H3. The van der Waals surface area contributed by atoms with Gasteiger partial charge in [0.1, 0.15) is 11.5 Å². The van der Waals surface area contributed by atoms with Crippen molar-refractivity contribution in [3.63, 3.8) is 0 Å². The van der Waals surface area contributed by atoms with Gasteiger partial charge in [0.05, 0.1) is 12.2 Å². The van der Waals surface area contributed by atoms with E-state index in [4.69, 9.17) is 9.47 Å². The normalized spacial score (nSPS) is 10.5. The highest BCUT2D eigenvalue weighted by atomic mass is 16.5. The average molecular weight is 320 g/mol. The van der Waals surface area contributed by atoms with Crippen LogP contribution in [0.25, 0.3) is 10.8 Å². The first kappa shape index (κ1) is 16.1. The Morgan fingerprint density at radius 3 is 2.62 bits per heavy atom. The van der Waals surface area contributed by atoms with Crippen LogP contribution in [0.15, 0.2) is 66.7 Å². The molecule has 0 heterocycles. The monoisotopic (exact) mass is 320 g/mol. The number of esters is 1. The van der Waals surface area contributed by atoms with Crippen molar-refractivity contribution in [3.05, 3.63) is 72.3 Å². The Bertz CT molecular complexity index is 834. The minimum atomic E-state index is -0.382. The van der Waals surface area contributed by atoms with Crippen molar-refractivity contribution in [3.8, 4) is 11.5 Å². The van der Waals surface area contributed by atoms with Gasteiger partial charge in [0, 0.05) is 5.39 Å². The molecule has 0 N–H and O–H groups in total. The van der Waals surface area contributed by atoms with Crippen molar-refractivity contribution in [1.82, 2.24) is 0 Å². The van der Waals surface area contributed by atoms with Crippen LogP contribution in [0.5, 0.6) is 11.5 Å². The third kappa shape index (κ3) is 3.74. The number of ether oxygens (including phenoxy) is 2. The number of benzene rings is 3. The Morgan fingerprint density at radius 2 is 1.75 bits per heavy atom. The number of hydrogen-bond acceptors (Lipinski definition) is 3. The number of rotatable bonds is 6. The van der Waals surface area contributed by atoms with Crippen LogP contribution in [-0.2, 0) is 0 Å². The van der Waals surface area contributed by atoms with Gasteiger partial charge < -0.3 is 9.47 Å². The summed E-state index contributed by atoms with van der Waals surface area (Å²) in [6.07, 6.45) is 2.06. The maximum absolute atomic E-state index is 12.5. The van der Waals surface area contributed by atoms with Gasteiger partial charge in [-0.2, -0.15) is 0 Å². The van der Waals surface area contributed by atoms with Gasteiger partial charge >= 0.3 is 5.97 Å². The van der Waals surface area contributed by atoms with Crippen LogP contribution in [-0.4, -0.2) is 12.6 Å². The SMILES string of the molecule is CCCCOc1cccc(C(=O)Oc2cccc3ccccc23)c1. The molecule has 0 aliphatic rings. The highest BCUT2D eigenvalue weighted by Gasteiger charge is 2.11. The fourth-order valence-corrected chi connectivity index (χ4v) is 2.49. The van der Waals surface area contributed by atoms with Crippen LogP contribution in [0, 0.1) is 0 Å². The molecule has 3 aromatic rings. The molecule has 0 aromatic heterocycles. The van der Waals surface area contributed by atoms with Crippen LogP contribution in [0.1, 0.15) is 30.1 Å². The van der Waals surface area contributed by atoms with Crippen LogP contribution in [0.2, 0.25) is 0 Å². The van der Waals surface area contributed by atoms with E-state index in [2.05, 4.69) is 6.92 Å². The lowest BCUT2D eigenvalue weighted by Gasteiger charge is -2.09. The number of fused-ring (bicyclic) bond motifs is 1. The van der Waals surface area contributed by atoms with Crippen molar-refractivity contribution < 1.29 is 14.3 Å². The minimum Gasteiger partial charge on any atom is -0.494 e. The van der Waals surface area contributed by atoms with Crippen LogP contribution >= 0.6 is 0 Å².